The van der Waals surface area contributed by atoms with Crippen molar-refractivity contribution in [2.24, 2.45) is 0 Å². The van der Waals surface area contributed by atoms with Crippen molar-refractivity contribution in [2.45, 2.75) is 31.0 Å². The molecule has 1 fully saturated rings. The molecule has 1 aromatic rings. The topological polar surface area (TPSA) is 12.5 Å². The van der Waals surface area contributed by atoms with Crippen molar-refractivity contribution in [3.63, 3.8) is 0 Å². The third-order valence-electron chi connectivity index (χ3n) is 2.69. The summed E-state index contributed by atoms with van der Waals surface area (Å²) in [7, 11) is 0. The van der Waals surface area contributed by atoms with Crippen LogP contribution in [0, 0.1) is 5.82 Å². The van der Waals surface area contributed by atoms with Gasteiger partial charge >= 0.3 is 0 Å². The summed E-state index contributed by atoms with van der Waals surface area (Å²) in [5, 5.41) is 0. The molecule has 0 aromatic heterocycles. The van der Waals surface area contributed by atoms with Crippen LogP contribution in [0.1, 0.15) is 13.8 Å². The van der Waals surface area contributed by atoms with Crippen LogP contribution in [0.3, 0.4) is 0 Å². The molecule has 1 heterocycles. The Morgan fingerprint density at radius 3 is 2.50 bits per heavy atom. The molecule has 0 amide bonds. The average Bonchev–Trinajstić information content (AvgIpc) is 2.15. The molecule has 0 radical (unpaired) electrons. The molecule has 0 saturated carbocycles. The minimum absolute atomic E-state index is 0.138. The Morgan fingerprint density at radius 2 is 1.94 bits per heavy atom. The van der Waals surface area contributed by atoms with Gasteiger partial charge in [0.1, 0.15) is 5.82 Å². The maximum Gasteiger partial charge on any atom is 0.147 e. The summed E-state index contributed by atoms with van der Waals surface area (Å²) < 4.78 is 19.4. The molecule has 0 N–H and O–H groups in total. The number of anilines is 1. The zero-order valence-electron chi connectivity index (χ0n) is 9.48. The lowest BCUT2D eigenvalue weighted by molar-refractivity contribution is -0.00539. The van der Waals surface area contributed by atoms with Crippen LogP contribution in [0.4, 0.5) is 10.1 Å². The molecule has 2 nitrogen and oxygen atoms in total. The second-order valence-electron chi connectivity index (χ2n) is 4.30. The summed E-state index contributed by atoms with van der Waals surface area (Å²) >= 11 is 4.12. The molecule has 0 spiro atoms. The number of nitrogens with zero attached hydrogens (tertiary/aromatic N) is 1. The number of ether oxygens (including phenoxy) is 1. The van der Waals surface area contributed by atoms with Crippen molar-refractivity contribution >= 4 is 18.3 Å². The standard InChI is InChI=1S/C12H16FNOS/c1-8-6-14(7-9(2)15-8)12-4-3-10(16)5-11(12)13/h3-5,8-9,16H,6-7H2,1-2H3. The van der Waals surface area contributed by atoms with Gasteiger partial charge in [-0.05, 0) is 32.0 Å². The molecule has 1 saturated heterocycles. The Bertz CT molecular complexity index is 375. The summed E-state index contributed by atoms with van der Waals surface area (Å²) in [5.74, 6) is -0.214. The third-order valence-corrected chi connectivity index (χ3v) is 2.97. The Balaban J connectivity index is 2.23. The van der Waals surface area contributed by atoms with E-state index in [1.807, 2.05) is 24.8 Å². The number of hydrogen-bond donors (Lipinski definition) is 1. The summed E-state index contributed by atoms with van der Waals surface area (Å²) in [4.78, 5) is 2.68. The van der Waals surface area contributed by atoms with Crippen molar-refractivity contribution in [1.29, 1.82) is 0 Å². The van der Waals surface area contributed by atoms with Crippen molar-refractivity contribution in [2.75, 3.05) is 18.0 Å². The first-order valence-corrected chi connectivity index (χ1v) is 5.90. The first-order valence-electron chi connectivity index (χ1n) is 5.45. The number of benzene rings is 1. The fourth-order valence-corrected chi connectivity index (χ4v) is 2.31. The van der Waals surface area contributed by atoms with Crippen LogP contribution in [-0.4, -0.2) is 25.3 Å². The predicted octanol–water partition coefficient (Wildman–Crippen LogP) is 2.73. The molecule has 4 heteroatoms. The summed E-state index contributed by atoms with van der Waals surface area (Å²) in [6, 6.07) is 5.04. The SMILES string of the molecule is CC1CN(c2ccc(S)cc2F)CC(C)O1. The van der Waals surface area contributed by atoms with Gasteiger partial charge in [-0.2, -0.15) is 0 Å². The number of morpholine rings is 1. The fourth-order valence-electron chi connectivity index (χ4n) is 2.13. The molecule has 2 rings (SSSR count). The molecule has 2 atom stereocenters. The molecular formula is C12H16FNOS. The monoisotopic (exact) mass is 241 g/mol. The van der Waals surface area contributed by atoms with Crippen LogP contribution in [0.25, 0.3) is 0 Å². The maximum atomic E-state index is 13.8. The zero-order valence-corrected chi connectivity index (χ0v) is 10.4. The highest BCUT2D eigenvalue weighted by molar-refractivity contribution is 7.80. The minimum Gasteiger partial charge on any atom is -0.372 e. The van der Waals surface area contributed by atoms with Crippen LogP contribution in [0.5, 0.6) is 0 Å². The Hall–Kier alpha value is -0.740. The van der Waals surface area contributed by atoms with Gasteiger partial charge in [0.15, 0.2) is 0 Å². The van der Waals surface area contributed by atoms with E-state index in [1.165, 1.54) is 6.07 Å². The fraction of sp³-hybridized carbons (Fsp3) is 0.500. The Kier molecular flexibility index (Phi) is 3.40. The van der Waals surface area contributed by atoms with E-state index in [1.54, 1.807) is 6.07 Å². The molecule has 0 aliphatic carbocycles. The summed E-state index contributed by atoms with van der Waals surface area (Å²) in [5.41, 5.74) is 0.639. The average molecular weight is 241 g/mol. The Labute approximate surface area is 101 Å². The van der Waals surface area contributed by atoms with Crippen molar-refractivity contribution in [3.05, 3.63) is 24.0 Å². The first kappa shape index (κ1) is 11.7. The highest BCUT2D eigenvalue weighted by atomic mass is 32.1. The summed E-state index contributed by atoms with van der Waals surface area (Å²) in [6.45, 7) is 5.47. The number of hydrogen-bond acceptors (Lipinski definition) is 3. The normalized spacial score (nSPS) is 25.9. The van der Waals surface area contributed by atoms with E-state index in [0.29, 0.717) is 10.6 Å². The van der Waals surface area contributed by atoms with Crippen molar-refractivity contribution in [3.8, 4) is 0 Å². The lowest BCUT2D eigenvalue weighted by Crippen LogP contribution is -2.45. The van der Waals surface area contributed by atoms with Gasteiger partial charge in [-0.1, -0.05) is 0 Å². The second-order valence-corrected chi connectivity index (χ2v) is 4.81. The largest absolute Gasteiger partial charge is 0.372 e. The molecule has 0 bridgehead atoms. The van der Waals surface area contributed by atoms with Crippen LogP contribution in [0.2, 0.25) is 0 Å². The van der Waals surface area contributed by atoms with Gasteiger partial charge < -0.3 is 9.64 Å². The third kappa shape index (κ3) is 2.50. The maximum absolute atomic E-state index is 13.8. The molecular weight excluding hydrogens is 225 g/mol. The molecule has 1 aromatic carbocycles. The first-order chi connectivity index (χ1) is 7.56. The molecule has 1 aliphatic rings. The number of thiol groups is 1. The predicted molar refractivity (Wildman–Crippen MR) is 65.9 cm³/mol. The van der Waals surface area contributed by atoms with Crippen molar-refractivity contribution < 1.29 is 9.13 Å². The lowest BCUT2D eigenvalue weighted by atomic mass is 10.2. The van der Waals surface area contributed by atoms with Gasteiger partial charge in [-0.15, -0.1) is 12.6 Å². The van der Waals surface area contributed by atoms with Gasteiger partial charge in [0.25, 0.3) is 0 Å². The lowest BCUT2D eigenvalue weighted by Gasteiger charge is -2.37. The van der Waals surface area contributed by atoms with Gasteiger partial charge in [-0.25, -0.2) is 4.39 Å². The van der Waals surface area contributed by atoms with E-state index in [-0.39, 0.29) is 18.0 Å². The van der Waals surface area contributed by atoms with Gasteiger partial charge in [0.2, 0.25) is 0 Å². The summed E-state index contributed by atoms with van der Waals surface area (Å²) in [6.07, 6.45) is 0.276. The van der Waals surface area contributed by atoms with E-state index in [0.717, 1.165) is 13.1 Å². The van der Waals surface area contributed by atoms with E-state index in [4.69, 9.17) is 4.74 Å². The van der Waals surface area contributed by atoms with E-state index >= 15 is 0 Å². The minimum atomic E-state index is -0.214. The van der Waals surface area contributed by atoms with Gasteiger partial charge in [-0.3, -0.25) is 0 Å². The highest BCUT2D eigenvalue weighted by Gasteiger charge is 2.23. The van der Waals surface area contributed by atoms with Crippen molar-refractivity contribution in [1.82, 2.24) is 0 Å². The molecule has 16 heavy (non-hydrogen) atoms. The van der Waals surface area contributed by atoms with Crippen LogP contribution in [-0.2, 0) is 4.74 Å². The van der Waals surface area contributed by atoms with Crippen LogP contribution in [0.15, 0.2) is 23.1 Å². The van der Waals surface area contributed by atoms with Gasteiger partial charge in [0.05, 0.1) is 17.9 Å². The molecule has 1 aliphatic heterocycles. The second kappa shape index (κ2) is 4.63. The number of halogens is 1. The van der Waals surface area contributed by atoms with Gasteiger partial charge in [0, 0.05) is 18.0 Å². The van der Waals surface area contributed by atoms with E-state index < -0.39 is 0 Å². The van der Waals surface area contributed by atoms with E-state index in [9.17, 15) is 4.39 Å². The van der Waals surface area contributed by atoms with E-state index in [2.05, 4.69) is 12.6 Å². The Morgan fingerprint density at radius 1 is 1.31 bits per heavy atom. The zero-order chi connectivity index (χ0) is 11.7. The molecule has 88 valence electrons. The smallest absolute Gasteiger partial charge is 0.147 e. The van der Waals surface area contributed by atoms with Crippen LogP contribution < -0.4 is 4.90 Å². The molecule has 2 unspecified atom stereocenters. The van der Waals surface area contributed by atoms with Crippen LogP contribution >= 0.6 is 12.6 Å². The quantitative estimate of drug-likeness (QED) is 0.759. The number of rotatable bonds is 1. The highest BCUT2D eigenvalue weighted by Crippen LogP contribution is 2.25.